The molecule has 1 fully saturated rings. The quantitative estimate of drug-likeness (QED) is 0.633. The maximum Gasteiger partial charge on any atom is 0.303 e. The number of benzene rings is 1. The van der Waals surface area contributed by atoms with E-state index >= 15 is 0 Å². The summed E-state index contributed by atoms with van der Waals surface area (Å²) in [6, 6.07) is 9.97. The number of hydrogen-bond donors (Lipinski definition) is 2. The van der Waals surface area contributed by atoms with Gasteiger partial charge >= 0.3 is 5.97 Å². The number of aliphatic carboxylic acids is 1. The van der Waals surface area contributed by atoms with E-state index < -0.39 is 5.97 Å². The fourth-order valence-electron chi connectivity index (χ4n) is 3.30. The summed E-state index contributed by atoms with van der Waals surface area (Å²) in [7, 11) is 0. The fourth-order valence-corrected chi connectivity index (χ4v) is 3.30. The second kappa shape index (κ2) is 10.9. The maximum absolute atomic E-state index is 12.5. The first kappa shape index (κ1) is 19.4. The zero-order chi connectivity index (χ0) is 17.9. The number of carbonyl (C=O) groups excluding carboxylic acids is 1. The van der Waals surface area contributed by atoms with Crippen molar-refractivity contribution in [1.29, 1.82) is 0 Å². The normalized spacial score (nSPS) is 20.2. The molecule has 0 aromatic heterocycles. The van der Waals surface area contributed by atoms with Gasteiger partial charge in [0.1, 0.15) is 0 Å². The first-order chi connectivity index (χ1) is 12.2. The molecule has 1 aromatic carbocycles. The van der Waals surface area contributed by atoms with Crippen LogP contribution >= 0.6 is 0 Å². The Morgan fingerprint density at radius 1 is 1.08 bits per heavy atom. The summed E-state index contributed by atoms with van der Waals surface area (Å²) in [5.41, 5.74) is 1.07. The number of hydrogen-bond acceptors (Lipinski definition) is 3. The van der Waals surface area contributed by atoms with Crippen molar-refractivity contribution in [3.05, 3.63) is 35.9 Å². The maximum atomic E-state index is 12.5. The molecule has 0 saturated carbocycles. The molecule has 2 N–H and O–H groups in total. The van der Waals surface area contributed by atoms with Crippen LogP contribution in [0.4, 0.5) is 0 Å². The highest BCUT2D eigenvalue weighted by Gasteiger charge is 2.32. The van der Waals surface area contributed by atoms with E-state index in [9.17, 15) is 9.59 Å². The van der Waals surface area contributed by atoms with Gasteiger partial charge in [-0.2, -0.15) is 0 Å². The number of nitrogens with one attached hydrogen (secondary N) is 1. The van der Waals surface area contributed by atoms with E-state index in [1.165, 1.54) is 0 Å². The average Bonchev–Trinajstić information content (AvgIpc) is 2.64. The number of rotatable bonds is 10. The van der Waals surface area contributed by atoms with E-state index in [0.29, 0.717) is 13.2 Å². The largest absolute Gasteiger partial charge is 0.481 e. The summed E-state index contributed by atoms with van der Waals surface area (Å²) in [5.74, 6) is -0.763. The van der Waals surface area contributed by atoms with Crippen LogP contribution in [-0.4, -0.2) is 30.1 Å². The minimum absolute atomic E-state index is 0.0828. The van der Waals surface area contributed by atoms with Crippen molar-refractivity contribution < 1.29 is 19.4 Å². The van der Waals surface area contributed by atoms with Crippen molar-refractivity contribution in [2.75, 3.05) is 13.2 Å². The van der Waals surface area contributed by atoms with Crippen LogP contribution in [0.15, 0.2) is 30.3 Å². The van der Waals surface area contributed by atoms with Gasteiger partial charge in [-0.3, -0.25) is 9.59 Å². The Kier molecular flexibility index (Phi) is 8.46. The van der Waals surface area contributed by atoms with E-state index in [2.05, 4.69) is 5.32 Å². The average molecular weight is 347 g/mol. The molecule has 0 aliphatic carbocycles. The summed E-state index contributed by atoms with van der Waals surface area (Å²) in [6.45, 7) is 1.38. The van der Waals surface area contributed by atoms with Gasteiger partial charge in [0.15, 0.2) is 0 Å². The lowest BCUT2D eigenvalue weighted by molar-refractivity contribution is -0.137. The highest BCUT2D eigenvalue weighted by atomic mass is 16.5. The van der Waals surface area contributed by atoms with Crippen LogP contribution in [0.2, 0.25) is 0 Å². The predicted octanol–water partition coefficient (Wildman–Crippen LogP) is 3.70. The lowest BCUT2D eigenvalue weighted by Crippen LogP contribution is -2.38. The van der Waals surface area contributed by atoms with Gasteiger partial charge in [0.05, 0.1) is 12.0 Å². The molecule has 0 radical (unpaired) electrons. The number of amides is 1. The van der Waals surface area contributed by atoms with Crippen LogP contribution in [0.3, 0.4) is 0 Å². The van der Waals surface area contributed by atoms with Crippen molar-refractivity contribution in [2.24, 2.45) is 5.92 Å². The summed E-state index contributed by atoms with van der Waals surface area (Å²) < 4.78 is 5.88. The highest BCUT2D eigenvalue weighted by Crippen LogP contribution is 2.33. The Bertz CT molecular complexity index is 532. The van der Waals surface area contributed by atoms with Crippen molar-refractivity contribution >= 4 is 11.9 Å². The SMILES string of the molecule is O=C(O)CCCCCCCNC(=O)C1CCCOC1c1ccccc1. The fraction of sp³-hybridized carbons (Fsp3) is 0.600. The molecule has 0 bridgehead atoms. The summed E-state index contributed by atoms with van der Waals surface area (Å²) in [6.07, 6.45) is 6.52. The first-order valence-electron chi connectivity index (χ1n) is 9.34. The molecule has 0 spiro atoms. The third-order valence-corrected chi connectivity index (χ3v) is 4.65. The number of ether oxygens (including phenoxy) is 1. The zero-order valence-electron chi connectivity index (χ0n) is 14.8. The molecule has 5 nitrogen and oxygen atoms in total. The van der Waals surface area contributed by atoms with E-state index in [4.69, 9.17) is 9.84 Å². The summed E-state index contributed by atoms with van der Waals surface area (Å²) >= 11 is 0. The number of carbonyl (C=O) groups is 2. The van der Waals surface area contributed by atoms with E-state index in [0.717, 1.165) is 50.5 Å². The third kappa shape index (κ3) is 6.86. The predicted molar refractivity (Wildman–Crippen MR) is 96.2 cm³/mol. The van der Waals surface area contributed by atoms with Crippen LogP contribution in [0.5, 0.6) is 0 Å². The Hall–Kier alpha value is -1.88. The number of carboxylic acid groups (broad SMARTS) is 1. The van der Waals surface area contributed by atoms with Gasteiger partial charge in [-0.05, 0) is 31.2 Å². The molecular formula is C20H29NO4. The van der Waals surface area contributed by atoms with Crippen LogP contribution in [-0.2, 0) is 14.3 Å². The molecule has 1 amide bonds. The van der Waals surface area contributed by atoms with Gasteiger partial charge in [0.25, 0.3) is 0 Å². The van der Waals surface area contributed by atoms with Gasteiger partial charge in [0.2, 0.25) is 5.91 Å². The first-order valence-corrected chi connectivity index (χ1v) is 9.34. The third-order valence-electron chi connectivity index (χ3n) is 4.65. The van der Waals surface area contributed by atoms with Crippen LogP contribution in [0.25, 0.3) is 0 Å². The molecular weight excluding hydrogens is 318 g/mol. The van der Waals surface area contributed by atoms with Crippen molar-refractivity contribution in [1.82, 2.24) is 5.32 Å². The molecule has 1 aromatic rings. The van der Waals surface area contributed by atoms with Gasteiger partial charge in [-0.15, -0.1) is 0 Å². The summed E-state index contributed by atoms with van der Waals surface area (Å²) in [5, 5.41) is 11.6. The van der Waals surface area contributed by atoms with Crippen LogP contribution < -0.4 is 5.32 Å². The Labute approximate surface area is 149 Å². The Morgan fingerprint density at radius 2 is 1.80 bits per heavy atom. The highest BCUT2D eigenvalue weighted by molar-refractivity contribution is 5.79. The molecule has 25 heavy (non-hydrogen) atoms. The molecule has 138 valence electrons. The molecule has 5 heteroatoms. The Balaban J connectivity index is 1.67. The van der Waals surface area contributed by atoms with Crippen molar-refractivity contribution in [3.8, 4) is 0 Å². The molecule has 1 aliphatic rings. The van der Waals surface area contributed by atoms with Crippen LogP contribution in [0, 0.1) is 5.92 Å². The topological polar surface area (TPSA) is 75.6 Å². The monoisotopic (exact) mass is 347 g/mol. The lowest BCUT2D eigenvalue weighted by atomic mass is 9.88. The number of unbranched alkanes of at least 4 members (excludes halogenated alkanes) is 4. The van der Waals surface area contributed by atoms with Gasteiger partial charge < -0.3 is 15.2 Å². The van der Waals surface area contributed by atoms with Gasteiger partial charge in [-0.25, -0.2) is 0 Å². The molecule has 2 unspecified atom stereocenters. The van der Waals surface area contributed by atoms with Crippen molar-refractivity contribution in [3.63, 3.8) is 0 Å². The van der Waals surface area contributed by atoms with E-state index in [1.54, 1.807) is 0 Å². The zero-order valence-corrected chi connectivity index (χ0v) is 14.8. The minimum atomic E-state index is -0.727. The molecule has 2 rings (SSSR count). The van der Waals surface area contributed by atoms with Gasteiger partial charge in [-0.1, -0.05) is 49.6 Å². The van der Waals surface area contributed by atoms with E-state index in [1.807, 2.05) is 30.3 Å². The minimum Gasteiger partial charge on any atom is -0.481 e. The van der Waals surface area contributed by atoms with Crippen LogP contribution in [0.1, 0.15) is 63.0 Å². The second-order valence-corrected chi connectivity index (χ2v) is 6.65. The number of carboxylic acids is 1. The molecule has 1 saturated heterocycles. The van der Waals surface area contributed by atoms with Gasteiger partial charge in [0, 0.05) is 19.6 Å². The molecule has 1 heterocycles. The lowest BCUT2D eigenvalue weighted by Gasteiger charge is -2.31. The Morgan fingerprint density at radius 3 is 2.56 bits per heavy atom. The smallest absolute Gasteiger partial charge is 0.303 e. The molecule has 2 atom stereocenters. The molecule has 1 aliphatic heterocycles. The second-order valence-electron chi connectivity index (χ2n) is 6.65. The van der Waals surface area contributed by atoms with Crippen molar-refractivity contribution in [2.45, 2.75) is 57.5 Å². The standard InChI is InChI=1S/C20H29NO4/c22-18(23)13-7-2-1-3-8-14-21-20(24)17-12-9-15-25-19(17)16-10-5-4-6-11-16/h4-6,10-11,17,19H,1-3,7-9,12-15H2,(H,21,24)(H,22,23). The van der Waals surface area contributed by atoms with E-state index in [-0.39, 0.29) is 24.3 Å². The summed E-state index contributed by atoms with van der Waals surface area (Å²) in [4.78, 5) is 23.0.